The van der Waals surface area contributed by atoms with Crippen LogP contribution in [0.3, 0.4) is 0 Å². The zero-order valence-corrected chi connectivity index (χ0v) is 13.8. The van der Waals surface area contributed by atoms with Crippen molar-refractivity contribution in [1.82, 2.24) is 19.8 Å². The van der Waals surface area contributed by atoms with Crippen molar-refractivity contribution in [2.75, 3.05) is 44.6 Å². The Morgan fingerprint density at radius 1 is 1.32 bits per heavy atom. The van der Waals surface area contributed by atoms with Gasteiger partial charge in [-0.3, -0.25) is 9.69 Å². The first-order valence-electron chi connectivity index (χ1n) is 7.56. The molecule has 0 aliphatic carbocycles. The van der Waals surface area contributed by atoms with E-state index in [1.54, 1.807) is 24.6 Å². The van der Waals surface area contributed by atoms with Gasteiger partial charge in [-0.15, -0.1) is 11.3 Å². The molecule has 7 heteroatoms. The fourth-order valence-electron chi connectivity index (χ4n) is 2.74. The van der Waals surface area contributed by atoms with Gasteiger partial charge < -0.3 is 10.2 Å². The van der Waals surface area contributed by atoms with Crippen LogP contribution in [0.15, 0.2) is 12.4 Å². The van der Waals surface area contributed by atoms with Gasteiger partial charge in [0.05, 0.1) is 5.39 Å². The van der Waals surface area contributed by atoms with Crippen LogP contribution in [0.1, 0.15) is 11.8 Å². The molecule has 118 valence electrons. The summed E-state index contributed by atoms with van der Waals surface area (Å²) in [7, 11) is 0. The Labute approximate surface area is 134 Å². The summed E-state index contributed by atoms with van der Waals surface area (Å²) in [6.07, 6.45) is 1.62. The molecule has 3 heterocycles. The third-order valence-electron chi connectivity index (χ3n) is 3.99. The third-order valence-corrected chi connectivity index (χ3v) is 4.95. The third kappa shape index (κ3) is 3.36. The van der Waals surface area contributed by atoms with Crippen molar-refractivity contribution in [3.63, 3.8) is 0 Å². The number of nitrogens with zero attached hydrogens (tertiary/aromatic N) is 4. The minimum Gasteiger partial charge on any atom is -0.368 e. The number of amides is 1. The summed E-state index contributed by atoms with van der Waals surface area (Å²) >= 11 is 1.69. The van der Waals surface area contributed by atoms with Crippen LogP contribution in [0.25, 0.3) is 10.2 Å². The normalized spacial score (nSPS) is 16.2. The maximum Gasteiger partial charge on any atom is 0.219 e. The average Bonchev–Trinajstić information content (AvgIpc) is 2.89. The van der Waals surface area contributed by atoms with E-state index in [-0.39, 0.29) is 5.91 Å². The van der Waals surface area contributed by atoms with E-state index in [0.717, 1.165) is 55.3 Å². The standard InChI is InChI=1S/C15H21N5OS/c1-11-9-13-14(17-10-18-15(13)22-11)16-3-4-19-5-7-20(8-6-19)12(2)21/h9-10H,3-8H2,1-2H3,(H,16,17,18). The molecule has 1 saturated heterocycles. The lowest BCUT2D eigenvalue weighted by atomic mass is 10.3. The van der Waals surface area contributed by atoms with Gasteiger partial charge in [0.25, 0.3) is 0 Å². The van der Waals surface area contributed by atoms with E-state index in [1.165, 1.54) is 4.88 Å². The average molecular weight is 319 g/mol. The van der Waals surface area contributed by atoms with Gasteiger partial charge >= 0.3 is 0 Å². The van der Waals surface area contributed by atoms with Gasteiger partial charge in [0.1, 0.15) is 17.0 Å². The van der Waals surface area contributed by atoms with Crippen LogP contribution in [0.5, 0.6) is 0 Å². The molecule has 0 saturated carbocycles. The number of aryl methyl sites for hydroxylation is 1. The van der Waals surface area contributed by atoms with Crippen molar-refractivity contribution in [3.05, 3.63) is 17.3 Å². The molecule has 1 fully saturated rings. The number of anilines is 1. The second-order valence-electron chi connectivity index (χ2n) is 5.57. The van der Waals surface area contributed by atoms with Crippen LogP contribution in [0, 0.1) is 6.92 Å². The van der Waals surface area contributed by atoms with E-state index < -0.39 is 0 Å². The molecular formula is C15H21N5OS. The number of carbonyl (C=O) groups excluding carboxylic acids is 1. The van der Waals surface area contributed by atoms with E-state index >= 15 is 0 Å². The van der Waals surface area contributed by atoms with Crippen LogP contribution in [0.2, 0.25) is 0 Å². The summed E-state index contributed by atoms with van der Waals surface area (Å²) in [5.74, 6) is 1.09. The summed E-state index contributed by atoms with van der Waals surface area (Å²) in [6, 6.07) is 2.13. The van der Waals surface area contributed by atoms with Crippen LogP contribution in [-0.4, -0.2) is 64.9 Å². The number of hydrogen-bond acceptors (Lipinski definition) is 6. The molecule has 1 aliphatic rings. The molecule has 0 spiro atoms. The van der Waals surface area contributed by atoms with Crippen molar-refractivity contribution in [2.24, 2.45) is 0 Å². The molecule has 0 bridgehead atoms. The smallest absolute Gasteiger partial charge is 0.219 e. The van der Waals surface area contributed by atoms with E-state index in [2.05, 4.69) is 33.2 Å². The summed E-state index contributed by atoms with van der Waals surface area (Å²) in [4.78, 5) is 26.5. The van der Waals surface area contributed by atoms with Crippen LogP contribution < -0.4 is 5.32 Å². The van der Waals surface area contributed by atoms with E-state index in [4.69, 9.17) is 0 Å². The zero-order chi connectivity index (χ0) is 15.5. The van der Waals surface area contributed by atoms with E-state index in [0.29, 0.717) is 0 Å². The molecule has 0 radical (unpaired) electrons. The maximum absolute atomic E-state index is 11.3. The van der Waals surface area contributed by atoms with E-state index in [9.17, 15) is 4.79 Å². The molecule has 0 atom stereocenters. The largest absolute Gasteiger partial charge is 0.368 e. The Bertz CT molecular complexity index is 663. The summed E-state index contributed by atoms with van der Waals surface area (Å²) in [5, 5.41) is 4.52. The zero-order valence-electron chi connectivity index (χ0n) is 13.0. The van der Waals surface area contributed by atoms with Crippen molar-refractivity contribution in [3.8, 4) is 0 Å². The van der Waals surface area contributed by atoms with Gasteiger partial charge in [-0.1, -0.05) is 0 Å². The van der Waals surface area contributed by atoms with Crippen molar-refractivity contribution in [2.45, 2.75) is 13.8 Å². The molecule has 1 N–H and O–H groups in total. The number of thiophene rings is 1. The highest BCUT2D eigenvalue weighted by atomic mass is 32.1. The Kier molecular flexibility index (Phi) is 4.54. The van der Waals surface area contributed by atoms with E-state index in [1.807, 2.05) is 4.90 Å². The molecule has 22 heavy (non-hydrogen) atoms. The lowest BCUT2D eigenvalue weighted by Gasteiger charge is -2.34. The molecule has 1 aliphatic heterocycles. The topological polar surface area (TPSA) is 61.4 Å². The number of nitrogens with one attached hydrogen (secondary N) is 1. The second kappa shape index (κ2) is 6.58. The number of fused-ring (bicyclic) bond motifs is 1. The SMILES string of the molecule is CC(=O)N1CCN(CCNc2ncnc3sc(C)cc23)CC1. The van der Waals surface area contributed by atoms with Crippen molar-refractivity contribution in [1.29, 1.82) is 0 Å². The molecule has 0 unspecified atom stereocenters. The van der Waals surface area contributed by atoms with Crippen molar-refractivity contribution >= 4 is 33.3 Å². The van der Waals surface area contributed by atoms with Crippen LogP contribution >= 0.6 is 11.3 Å². The van der Waals surface area contributed by atoms with Crippen LogP contribution in [-0.2, 0) is 4.79 Å². The highest BCUT2D eigenvalue weighted by Crippen LogP contribution is 2.27. The minimum atomic E-state index is 0.175. The summed E-state index contributed by atoms with van der Waals surface area (Å²) in [6.45, 7) is 9.08. The number of hydrogen-bond donors (Lipinski definition) is 1. The molecule has 1 amide bonds. The molecule has 2 aromatic heterocycles. The lowest BCUT2D eigenvalue weighted by molar-refractivity contribution is -0.130. The predicted molar refractivity (Wildman–Crippen MR) is 89.3 cm³/mol. The first kappa shape index (κ1) is 15.2. The number of aromatic nitrogens is 2. The highest BCUT2D eigenvalue weighted by molar-refractivity contribution is 7.18. The first-order chi connectivity index (χ1) is 10.6. The second-order valence-corrected chi connectivity index (χ2v) is 6.81. The monoisotopic (exact) mass is 319 g/mol. The summed E-state index contributed by atoms with van der Waals surface area (Å²) < 4.78 is 0. The Morgan fingerprint density at radius 3 is 2.82 bits per heavy atom. The van der Waals surface area contributed by atoms with Crippen LogP contribution in [0.4, 0.5) is 5.82 Å². The summed E-state index contributed by atoms with van der Waals surface area (Å²) in [5.41, 5.74) is 0. The first-order valence-corrected chi connectivity index (χ1v) is 8.38. The Morgan fingerprint density at radius 2 is 2.09 bits per heavy atom. The van der Waals surface area contributed by atoms with Gasteiger partial charge in [-0.25, -0.2) is 9.97 Å². The molecular weight excluding hydrogens is 298 g/mol. The quantitative estimate of drug-likeness (QED) is 0.927. The molecule has 3 rings (SSSR count). The maximum atomic E-state index is 11.3. The lowest BCUT2D eigenvalue weighted by Crippen LogP contribution is -2.49. The van der Waals surface area contributed by atoms with Gasteiger partial charge in [0.2, 0.25) is 5.91 Å². The molecule has 6 nitrogen and oxygen atoms in total. The fraction of sp³-hybridized carbons (Fsp3) is 0.533. The Balaban J connectivity index is 1.52. The number of carbonyl (C=O) groups is 1. The fourth-order valence-corrected chi connectivity index (χ4v) is 3.58. The number of piperazine rings is 1. The molecule has 0 aromatic carbocycles. The van der Waals surface area contributed by atoms with Gasteiger partial charge in [-0.05, 0) is 13.0 Å². The highest BCUT2D eigenvalue weighted by Gasteiger charge is 2.18. The Hall–Kier alpha value is -1.73. The predicted octanol–water partition coefficient (Wildman–Crippen LogP) is 1.58. The minimum absolute atomic E-state index is 0.175. The van der Waals surface area contributed by atoms with Gasteiger partial charge in [0.15, 0.2) is 0 Å². The number of rotatable bonds is 4. The van der Waals surface area contributed by atoms with Gasteiger partial charge in [0, 0.05) is 51.1 Å². The van der Waals surface area contributed by atoms with Gasteiger partial charge in [-0.2, -0.15) is 0 Å². The molecule has 2 aromatic rings. The van der Waals surface area contributed by atoms with Crippen molar-refractivity contribution < 1.29 is 4.79 Å².